The highest BCUT2D eigenvalue weighted by Gasteiger charge is 2.04. The Labute approximate surface area is 104 Å². The Morgan fingerprint density at radius 1 is 1.44 bits per heavy atom. The van der Waals surface area contributed by atoms with Gasteiger partial charge in [-0.05, 0) is 13.3 Å². The Hall–Kier alpha value is -2.18. The summed E-state index contributed by atoms with van der Waals surface area (Å²) in [6, 6.07) is 0. The third kappa shape index (κ3) is 2.93. The maximum absolute atomic E-state index is 10.9. The molecule has 0 aliphatic heterocycles. The molecule has 0 aliphatic carbocycles. The molecule has 0 spiro atoms. The second kappa shape index (κ2) is 5.44. The second-order valence-electron chi connectivity index (χ2n) is 3.95. The van der Waals surface area contributed by atoms with E-state index in [1.807, 2.05) is 13.1 Å². The fourth-order valence-corrected chi connectivity index (χ4v) is 1.63. The number of nitrogens with one attached hydrogen (secondary N) is 3. The molecule has 0 bridgehead atoms. The Morgan fingerprint density at radius 3 is 2.94 bits per heavy atom. The van der Waals surface area contributed by atoms with Gasteiger partial charge in [0.1, 0.15) is 17.5 Å². The monoisotopic (exact) mass is 248 g/mol. The van der Waals surface area contributed by atoms with E-state index in [1.165, 1.54) is 0 Å². The quantitative estimate of drug-likeness (QED) is 0.712. The molecule has 2 rings (SSSR count). The van der Waals surface area contributed by atoms with Crippen molar-refractivity contribution in [3.05, 3.63) is 33.9 Å². The first kappa shape index (κ1) is 12.3. The fraction of sp³-hybridized carbons (Fsp3) is 0.455. The molecular formula is C11H16N6O. The van der Waals surface area contributed by atoms with E-state index in [0.29, 0.717) is 18.8 Å². The molecule has 3 N–H and O–H groups in total. The van der Waals surface area contributed by atoms with Gasteiger partial charge in [0.25, 0.3) is 0 Å². The van der Waals surface area contributed by atoms with Crippen LogP contribution in [-0.2, 0) is 12.8 Å². The summed E-state index contributed by atoms with van der Waals surface area (Å²) < 4.78 is 0. The molecule has 0 amide bonds. The van der Waals surface area contributed by atoms with E-state index in [4.69, 9.17) is 0 Å². The largest absolute Gasteiger partial charge is 0.369 e. The SMILES string of the molecule is CCc1cnc(C)nc1NCCc1n[nH]c(=O)[nH]1. The standard InChI is InChI=1S/C11H16N6O/c1-3-8-6-13-7(2)14-10(8)12-5-4-9-15-11(18)17-16-9/h6H,3-5H2,1-2H3,(H,12,13,14)(H2,15,16,17,18). The summed E-state index contributed by atoms with van der Waals surface area (Å²) in [7, 11) is 0. The molecule has 7 heteroatoms. The topological polar surface area (TPSA) is 99.3 Å². The van der Waals surface area contributed by atoms with Crippen LogP contribution in [0.25, 0.3) is 0 Å². The van der Waals surface area contributed by atoms with Crippen molar-refractivity contribution in [2.45, 2.75) is 26.7 Å². The molecule has 2 aromatic heterocycles. The summed E-state index contributed by atoms with van der Waals surface area (Å²) in [4.78, 5) is 22.0. The number of H-pyrrole nitrogens is 2. The molecule has 0 aliphatic rings. The van der Waals surface area contributed by atoms with Gasteiger partial charge in [0.15, 0.2) is 0 Å². The lowest BCUT2D eigenvalue weighted by molar-refractivity contribution is 0.886. The highest BCUT2D eigenvalue weighted by Crippen LogP contribution is 2.11. The Morgan fingerprint density at radius 2 is 2.28 bits per heavy atom. The highest BCUT2D eigenvalue weighted by atomic mass is 16.1. The number of aromatic amines is 2. The first-order chi connectivity index (χ1) is 8.69. The van der Waals surface area contributed by atoms with Crippen LogP contribution in [0.3, 0.4) is 0 Å². The van der Waals surface area contributed by atoms with Crippen molar-refractivity contribution in [1.29, 1.82) is 0 Å². The number of rotatable bonds is 5. The lowest BCUT2D eigenvalue weighted by atomic mass is 10.2. The average molecular weight is 248 g/mol. The lowest BCUT2D eigenvalue weighted by Gasteiger charge is -2.09. The van der Waals surface area contributed by atoms with E-state index in [1.54, 1.807) is 0 Å². The molecule has 2 aromatic rings. The summed E-state index contributed by atoms with van der Waals surface area (Å²) in [5.74, 6) is 2.22. The van der Waals surface area contributed by atoms with Crippen molar-refractivity contribution in [3.63, 3.8) is 0 Å². The van der Waals surface area contributed by atoms with Crippen molar-refractivity contribution in [2.24, 2.45) is 0 Å². The van der Waals surface area contributed by atoms with E-state index >= 15 is 0 Å². The third-order valence-electron chi connectivity index (χ3n) is 2.57. The summed E-state index contributed by atoms with van der Waals surface area (Å²) in [6.07, 6.45) is 3.34. The minimum Gasteiger partial charge on any atom is -0.369 e. The summed E-state index contributed by atoms with van der Waals surface area (Å²) in [6.45, 7) is 4.57. The zero-order chi connectivity index (χ0) is 13.0. The highest BCUT2D eigenvalue weighted by molar-refractivity contribution is 5.42. The normalized spacial score (nSPS) is 10.6. The predicted molar refractivity (Wildman–Crippen MR) is 67.5 cm³/mol. The van der Waals surface area contributed by atoms with Gasteiger partial charge >= 0.3 is 5.69 Å². The number of aryl methyl sites for hydroxylation is 2. The molecular weight excluding hydrogens is 232 g/mol. The van der Waals surface area contributed by atoms with E-state index in [9.17, 15) is 4.79 Å². The van der Waals surface area contributed by atoms with Crippen LogP contribution in [0.4, 0.5) is 5.82 Å². The van der Waals surface area contributed by atoms with Gasteiger partial charge in [-0.2, -0.15) is 5.10 Å². The van der Waals surface area contributed by atoms with Crippen LogP contribution >= 0.6 is 0 Å². The zero-order valence-corrected chi connectivity index (χ0v) is 10.4. The predicted octanol–water partition coefficient (Wildman–Crippen LogP) is 0.413. The molecule has 0 saturated heterocycles. The number of nitrogens with zero attached hydrogens (tertiary/aromatic N) is 3. The molecule has 0 fully saturated rings. The Kier molecular flexibility index (Phi) is 3.71. The molecule has 0 atom stereocenters. The van der Waals surface area contributed by atoms with Gasteiger partial charge < -0.3 is 5.32 Å². The first-order valence-corrected chi connectivity index (χ1v) is 5.89. The lowest BCUT2D eigenvalue weighted by Crippen LogP contribution is -2.11. The number of hydrogen-bond donors (Lipinski definition) is 3. The van der Waals surface area contributed by atoms with Crippen molar-refractivity contribution >= 4 is 5.82 Å². The van der Waals surface area contributed by atoms with Crippen LogP contribution < -0.4 is 11.0 Å². The molecule has 0 aromatic carbocycles. The minimum absolute atomic E-state index is 0.280. The van der Waals surface area contributed by atoms with E-state index in [2.05, 4.69) is 37.4 Å². The third-order valence-corrected chi connectivity index (χ3v) is 2.57. The van der Waals surface area contributed by atoms with E-state index < -0.39 is 0 Å². The van der Waals surface area contributed by atoms with E-state index in [0.717, 1.165) is 23.6 Å². The van der Waals surface area contributed by atoms with Gasteiger partial charge in [0.05, 0.1) is 0 Å². The minimum atomic E-state index is -0.280. The van der Waals surface area contributed by atoms with Crippen molar-refractivity contribution in [2.75, 3.05) is 11.9 Å². The van der Waals surface area contributed by atoms with Crippen LogP contribution in [0.1, 0.15) is 24.1 Å². The summed E-state index contributed by atoms with van der Waals surface area (Å²) in [5.41, 5.74) is 0.799. The smallest absolute Gasteiger partial charge is 0.340 e. The van der Waals surface area contributed by atoms with Crippen LogP contribution in [0.2, 0.25) is 0 Å². The first-order valence-electron chi connectivity index (χ1n) is 5.89. The van der Waals surface area contributed by atoms with Crippen LogP contribution in [0.15, 0.2) is 11.0 Å². The molecule has 0 saturated carbocycles. The van der Waals surface area contributed by atoms with Gasteiger partial charge in [0.2, 0.25) is 0 Å². The zero-order valence-electron chi connectivity index (χ0n) is 10.4. The molecule has 0 radical (unpaired) electrons. The number of anilines is 1. The van der Waals surface area contributed by atoms with Crippen LogP contribution in [-0.4, -0.2) is 31.7 Å². The molecule has 18 heavy (non-hydrogen) atoms. The van der Waals surface area contributed by atoms with Gasteiger partial charge in [0, 0.05) is 24.7 Å². The second-order valence-corrected chi connectivity index (χ2v) is 3.95. The van der Waals surface area contributed by atoms with E-state index in [-0.39, 0.29) is 5.69 Å². The van der Waals surface area contributed by atoms with Gasteiger partial charge in [-0.1, -0.05) is 6.92 Å². The fourth-order valence-electron chi connectivity index (χ4n) is 1.63. The Bertz CT molecular complexity index is 573. The van der Waals surface area contributed by atoms with Crippen LogP contribution in [0, 0.1) is 6.92 Å². The summed E-state index contributed by atoms with van der Waals surface area (Å²) in [5, 5.41) is 9.41. The van der Waals surface area contributed by atoms with Gasteiger partial charge in [-0.25, -0.2) is 19.9 Å². The molecule has 0 unspecified atom stereocenters. The van der Waals surface area contributed by atoms with Crippen LogP contribution in [0.5, 0.6) is 0 Å². The van der Waals surface area contributed by atoms with Crippen molar-refractivity contribution in [3.8, 4) is 0 Å². The molecule has 7 nitrogen and oxygen atoms in total. The Balaban J connectivity index is 1.97. The maximum Gasteiger partial charge on any atom is 0.340 e. The average Bonchev–Trinajstić information content (AvgIpc) is 2.75. The molecule has 2 heterocycles. The number of hydrogen-bond acceptors (Lipinski definition) is 5. The van der Waals surface area contributed by atoms with Gasteiger partial charge in [-0.3, -0.25) is 4.98 Å². The van der Waals surface area contributed by atoms with Crippen molar-refractivity contribution in [1.82, 2.24) is 25.1 Å². The number of aromatic nitrogens is 5. The van der Waals surface area contributed by atoms with Gasteiger partial charge in [-0.15, -0.1) is 0 Å². The molecule has 96 valence electrons. The summed E-state index contributed by atoms with van der Waals surface area (Å²) >= 11 is 0. The maximum atomic E-state index is 10.9. The van der Waals surface area contributed by atoms with Crippen molar-refractivity contribution < 1.29 is 0 Å².